The first-order valence-electron chi connectivity index (χ1n) is 9.81. The smallest absolute Gasteiger partial charge is 0.269 e. The molecule has 2 heterocycles. The first-order valence-corrected chi connectivity index (χ1v) is 9.81. The van der Waals surface area contributed by atoms with Gasteiger partial charge in [-0.3, -0.25) is 9.69 Å². The molecule has 0 radical (unpaired) electrons. The van der Waals surface area contributed by atoms with Crippen LogP contribution in [0.2, 0.25) is 0 Å². The summed E-state index contributed by atoms with van der Waals surface area (Å²) in [6.45, 7) is 5.71. The molecule has 6 nitrogen and oxygen atoms in total. The van der Waals surface area contributed by atoms with E-state index in [0.717, 1.165) is 55.9 Å². The van der Waals surface area contributed by atoms with Crippen molar-refractivity contribution in [2.75, 3.05) is 44.7 Å². The second-order valence-corrected chi connectivity index (χ2v) is 7.09. The molecular formula is C22H26N4O2. The molecular weight excluding hydrogens is 352 g/mol. The number of para-hydroxylation sites is 4. The van der Waals surface area contributed by atoms with Gasteiger partial charge in [0.2, 0.25) is 0 Å². The third kappa shape index (κ3) is 3.87. The van der Waals surface area contributed by atoms with Gasteiger partial charge in [-0.2, -0.15) is 0 Å². The number of aromatic nitrogens is 2. The van der Waals surface area contributed by atoms with Crippen LogP contribution in [0.25, 0.3) is 11.0 Å². The lowest BCUT2D eigenvalue weighted by atomic mass is 10.2. The number of ether oxygens (including phenoxy) is 1. The Morgan fingerprint density at radius 3 is 2.54 bits per heavy atom. The zero-order valence-electron chi connectivity index (χ0n) is 16.3. The summed E-state index contributed by atoms with van der Waals surface area (Å²) in [6.07, 6.45) is 2.37. The maximum atomic E-state index is 12.2. The monoisotopic (exact) mass is 378 g/mol. The number of nitrogens with zero attached hydrogens (tertiary/aromatic N) is 4. The van der Waals surface area contributed by atoms with Gasteiger partial charge in [-0.05, 0) is 37.2 Å². The van der Waals surface area contributed by atoms with Gasteiger partial charge in [0.1, 0.15) is 5.75 Å². The Labute approximate surface area is 165 Å². The van der Waals surface area contributed by atoms with Crippen molar-refractivity contribution >= 4 is 16.7 Å². The van der Waals surface area contributed by atoms with E-state index in [4.69, 9.17) is 4.74 Å². The van der Waals surface area contributed by atoms with Crippen molar-refractivity contribution in [1.29, 1.82) is 0 Å². The zero-order chi connectivity index (χ0) is 19.3. The molecule has 0 unspecified atom stereocenters. The lowest BCUT2D eigenvalue weighted by Gasteiger charge is -2.36. The molecule has 4 rings (SSSR count). The van der Waals surface area contributed by atoms with E-state index >= 15 is 0 Å². The lowest BCUT2D eigenvalue weighted by molar-refractivity contribution is 0.250. The minimum Gasteiger partial charge on any atom is -0.495 e. The number of benzene rings is 2. The van der Waals surface area contributed by atoms with E-state index < -0.39 is 0 Å². The highest BCUT2D eigenvalue weighted by Crippen LogP contribution is 2.28. The molecule has 0 saturated carbocycles. The topological polar surface area (TPSA) is 50.6 Å². The molecule has 3 aromatic rings. The second kappa shape index (κ2) is 8.44. The number of fused-ring (bicyclic) bond motifs is 1. The van der Waals surface area contributed by atoms with Crippen molar-refractivity contribution in [2.24, 2.45) is 0 Å². The van der Waals surface area contributed by atoms with Crippen molar-refractivity contribution in [1.82, 2.24) is 14.5 Å². The molecule has 2 aromatic carbocycles. The van der Waals surface area contributed by atoms with Crippen LogP contribution in [-0.2, 0) is 6.54 Å². The number of aryl methyl sites for hydroxylation is 1. The SMILES string of the molecule is COc1ccccc1N1CCN(CCCn2c(=O)cnc3ccccc32)CC1. The predicted octanol–water partition coefficient (Wildman–Crippen LogP) is 2.62. The van der Waals surface area contributed by atoms with Crippen molar-refractivity contribution in [3.63, 3.8) is 0 Å². The first kappa shape index (κ1) is 18.5. The van der Waals surface area contributed by atoms with Crippen LogP contribution in [0, 0.1) is 0 Å². The third-order valence-corrected chi connectivity index (χ3v) is 5.41. The highest BCUT2D eigenvalue weighted by atomic mass is 16.5. The molecule has 0 amide bonds. The average molecular weight is 378 g/mol. The van der Waals surface area contributed by atoms with Gasteiger partial charge in [0.05, 0.1) is 30.0 Å². The summed E-state index contributed by atoms with van der Waals surface area (Å²) >= 11 is 0. The quantitative estimate of drug-likeness (QED) is 0.660. The highest BCUT2D eigenvalue weighted by Gasteiger charge is 2.19. The van der Waals surface area contributed by atoms with E-state index in [0.29, 0.717) is 6.54 Å². The van der Waals surface area contributed by atoms with Gasteiger partial charge in [0, 0.05) is 32.7 Å². The van der Waals surface area contributed by atoms with Gasteiger partial charge < -0.3 is 14.2 Å². The van der Waals surface area contributed by atoms with Crippen LogP contribution in [-0.4, -0.2) is 54.3 Å². The molecule has 0 bridgehead atoms. The lowest BCUT2D eigenvalue weighted by Crippen LogP contribution is -2.46. The molecule has 0 spiro atoms. The standard InChI is InChI=1S/C22H26N4O2/c1-28-21-10-5-4-9-20(21)25-15-13-24(14-16-25)11-6-12-26-19-8-3-2-7-18(19)23-17-22(26)27/h2-5,7-10,17H,6,11-16H2,1H3. The fourth-order valence-electron chi connectivity index (χ4n) is 3.90. The fraction of sp³-hybridized carbons (Fsp3) is 0.364. The fourth-order valence-corrected chi connectivity index (χ4v) is 3.90. The van der Waals surface area contributed by atoms with E-state index in [1.54, 1.807) is 7.11 Å². The Balaban J connectivity index is 1.33. The molecule has 1 saturated heterocycles. The summed E-state index contributed by atoms with van der Waals surface area (Å²) < 4.78 is 7.33. The second-order valence-electron chi connectivity index (χ2n) is 7.09. The number of anilines is 1. The van der Waals surface area contributed by atoms with Crippen molar-refractivity contribution in [3.05, 3.63) is 65.1 Å². The van der Waals surface area contributed by atoms with Crippen molar-refractivity contribution < 1.29 is 4.74 Å². The Hall–Kier alpha value is -2.86. The van der Waals surface area contributed by atoms with E-state index in [1.165, 1.54) is 11.9 Å². The Bertz CT molecular complexity index is 993. The van der Waals surface area contributed by atoms with Crippen LogP contribution in [0.3, 0.4) is 0 Å². The summed E-state index contributed by atoms with van der Waals surface area (Å²) in [5.74, 6) is 0.930. The van der Waals surface area contributed by atoms with Gasteiger partial charge in [-0.1, -0.05) is 24.3 Å². The van der Waals surface area contributed by atoms with Crippen molar-refractivity contribution in [2.45, 2.75) is 13.0 Å². The van der Waals surface area contributed by atoms with Gasteiger partial charge >= 0.3 is 0 Å². The summed E-state index contributed by atoms with van der Waals surface area (Å²) in [7, 11) is 1.72. The van der Waals surface area contributed by atoms with E-state index in [2.05, 4.69) is 26.9 Å². The average Bonchev–Trinajstić information content (AvgIpc) is 2.76. The van der Waals surface area contributed by atoms with Gasteiger partial charge in [-0.15, -0.1) is 0 Å². The normalized spacial score (nSPS) is 15.1. The Morgan fingerprint density at radius 1 is 0.964 bits per heavy atom. The maximum absolute atomic E-state index is 12.2. The molecule has 1 fully saturated rings. The molecule has 0 atom stereocenters. The van der Waals surface area contributed by atoms with Gasteiger partial charge in [0.15, 0.2) is 0 Å². The molecule has 1 aromatic heterocycles. The molecule has 1 aliphatic rings. The molecule has 28 heavy (non-hydrogen) atoms. The minimum absolute atomic E-state index is 0.0281. The van der Waals surface area contributed by atoms with Gasteiger partial charge in [0.25, 0.3) is 5.56 Å². The number of hydrogen-bond acceptors (Lipinski definition) is 5. The molecule has 6 heteroatoms. The van der Waals surface area contributed by atoms with Crippen LogP contribution in [0.4, 0.5) is 5.69 Å². The van der Waals surface area contributed by atoms with E-state index in [9.17, 15) is 4.79 Å². The van der Waals surface area contributed by atoms with Crippen LogP contribution < -0.4 is 15.2 Å². The highest BCUT2D eigenvalue weighted by molar-refractivity contribution is 5.74. The zero-order valence-corrected chi connectivity index (χ0v) is 16.3. The van der Waals surface area contributed by atoms with Crippen LogP contribution in [0.1, 0.15) is 6.42 Å². The number of hydrogen-bond donors (Lipinski definition) is 0. The van der Waals surface area contributed by atoms with Gasteiger partial charge in [-0.25, -0.2) is 4.98 Å². The molecule has 0 aliphatic carbocycles. The molecule has 0 N–H and O–H groups in total. The van der Waals surface area contributed by atoms with Crippen LogP contribution >= 0.6 is 0 Å². The molecule has 1 aliphatic heterocycles. The maximum Gasteiger partial charge on any atom is 0.269 e. The Kier molecular flexibility index (Phi) is 5.58. The summed E-state index contributed by atoms with van der Waals surface area (Å²) in [4.78, 5) is 21.3. The summed E-state index contributed by atoms with van der Waals surface area (Å²) in [5.41, 5.74) is 2.92. The number of methoxy groups -OCH3 is 1. The van der Waals surface area contributed by atoms with Crippen LogP contribution in [0.5, 0.6) is 5.75 Å². The Morgan fingerprint density at radius 2 is 1.71 bits per heavy atom. The minimum atomic E-state index is -0.0281. The predicted molar refractivity (Wildman–Crippen MR) is 112 cm³/mol. The van der Waals surface area contributed by atoms with Crippen LogP contribution in [0.15, 0.2) is 59.5 Å². The van der Waals surface area contributed by atoms with E-state index in [-0.39, 0.29) is 5.56 Å². The van der Waals surface area contributed by atoms with E-state index in [1.807, 2.05) is 41.0 Å². The third-order valence-electron chi connectivity index (χ3n) is 5.41. The van der Waals surface area contributed by atoms with Crippen molar-refractivity contribution in [3.8, 4) is 5.75 Å². The molecule has 146 valence electrons. The largest absolute Gasteiger partial charge is 0.495 e. The summed E-state index contributed by atoms with van der Waals surface area (Å²) in [5, 5.41) is 0. The summed E-state index contributed by atoms with van der Waals surface area (Å²) in [6, 6.07) is 16.0. The number of piperazine rings is 1. The number of rotatable bonds is 6. The first-order chi connectivity index (χ1) is 13.8.